The van der Waals surface area contributed by atoms with Gasteiger partial charge in [-0.2, -0.15) is 0 Å². The van der Waals surface area contributed by atoms with Gasteiger partial charge in [0.15, 0.2) is 0 Å². The van der Waals surface area contributed by atoms with E-state index in [-0.39, 0.29) is 0 Å². The second kappa shape index (κ2) is 7.92. The lowest BCUT2D eigenvalue weighted by Gasteiger charge is -2.00. The van der Waals surface area contributed by atoms with Crippen LogP contribution in [-0.2, 0) is 0 Å². The van der Waals surface area contributed by atoms with Crippen molar-refractivity contribution in [3.8, 4) is 11.1 Å². The van der Waals surface area contributed by atoms with Crippen LogP contribution in [0.25, 0.3) is 57.5 Å². The van der Waals surface area contributed by atoms with Gasteiger partial charge in [-0.15, -0.1) is 0 Å². The molecule has 2 N–H and O–H groups in total. The van der Waals surface area contributed by atoms with Gasteiger partial charge in [0.05, 0.1) is 48.9 Å². The van der Waals surface area contributed by atoms with Gasteiger partial charge >= 0.3 is 0 Å². The quantitative estimate of drug-likeness (QED) is 0.244. The van der Waals surface area contributed by atoms with Gasteiger partial charge in [-0.1, -0.05) is 65.1 Å². The van der Waals surface area contributed by atoms with Gasteiger partial charge in [-0.05, 0) is 54.1 Å². The molecule has 5 heterocycles. The van der Waals surface area contributed by atoms with Gasteiger partial charge in [0.2, 0.25) is 0 Å². The van der Waals surface area contributed by atoms with Crippen LogP contribution in [0.5, 0.6) is 0 Å². The standard InChI is InChI=1S/C26H15Cl3N4/c27-23-18-7-6-15(30-18)12-16-13-17(14-4-2-1-3-5-14)26(31-16)25(29)22-11-10-21(33-22)24(28)20-9-8-19(23)32-20/h1-13,30-31H. The second-order valence-corrected chi connectivity index (χ2v) is 8.86. The SMILES string of the molecule is Clc1c2nc(c(Cl)c3ccc(cc4cc(-c5ccccc5)c([nH]4)c(Cl)c4nc1C=C4)[nH]3)C=C2. The third-order valence-electron chi connectivity index (χ3n) is 5.58. The molecule has 0 atom stereocenters. The largest absolute Gasteiger partial charge is 0.354 e. The molecule has 0 saturated heterocycles. The third kappa shape index (κ3) is 3.57. The van der Waals surface area contributed by atoms with Gasteiger partial charge in [-0.3, -0.25) is 0 Å². The van der Waals surface area contributed by atoms with E-state index < -0.39 is 0 Å². The maximum Gasteiger partial charge on any atom is 0.0919 e. The summed E-state index contributed by atoms with van der Waals surface area (Å²) >= 11 is 20.2. The number of H-pyrrole nitrogens is 2. The second-order valence-electron chi connectivity index (χ2n) is 7.72. The number of nitrogens with zero attached hydrogens (tertiary/aromatic N) is 2. The summed E-state index contributed by atoms with van der Waals surface area (Å²) in [6.45, 7) is 0. The molecule has 0 amide bonds. The maximum absolute atomic E-state index is 6.89. The van der Waals surface area contributed by atoms with Gasteiger partial charge in [0.25, 0.3) is 0 Å². The zero-order chi connectivity index (χ0) is 22.5. The van der Waals surface area contributed by atoms with E-state index in [0.29, 0.717) is 37.8 Å². The topological polar surface area (TPSA) is 57.4 Å². The van der Waals surface area contributed by atoms with Crippen molar-refractivity contribution in [3.63, 3.8) is 0 Å². The van der Waals surface area contributed by atoms with Crippen molar-refractivity contribution in [3.05, 3.63) is 92.4 Å². The first-order valence-corrected chi connectivity index (χ1v) is 11.4. The summed E-state index contributed by atoms with van der Waals surface area (Å²) in [5.74, 6) is 0. The Balaban J connectivity index is 1.76. The van der Waals surface area contributed by atoms with Crippen LogP contribution in [0.1, 0.15) is 22.8 Å². The van der Waals surface area contributed by atoms with E-state index in [1.807, 2.05) is 60.7 Å². The summed E-state index contributed by atoms with van der Waals surface area (Å²) in [6, 6.07) is 18.1. The molecule has 2 aliphatic heterocycles. The van der Waals surface area contributed by atoms with Crippen molar-refractivity contribution in [1.82, 2.24) is 19.9 Å². The van der Waals surface area contributed by atoms with Crippen LogP contribution in [0, 0.1) is 0 Å². The van der Waals surface area contributed by atoms with E-state index in [0.717, 1.165) is 33.2 Å². The molecule has 7 heteroatoms. The number of rotatable bonds is 1. The van der Waals surface area contributed by atoms with Crippen LogP contribution in [0.2, 0.25) is 15.1 Å². The van der Waals surface area contributed by atoms with Gasteiger partial charge in [0, 0.05) is 16.6 Å². The highest BCUT2D eigenvalue weighted by atomic mass is 35.5. The van der Waals surface area contributed by atoms with Crippen molar-refractivity contribution < 1.29 is 0 Å². The van der Waals surface area contributed by atoms with Crippen molar-refractivity contribution >= 4 is 81.2 Å². The molecule has 8 bridgehead atoms. The molecule has 0 spiro atoms. The first kappa shape index (κ1) is 20.3. The van der Waals surface area contributed by atoms with E-state index in [1.54, 1.807) is 0 Å². The summed E-state index contributed by atoms with van der Waals surface area (Å²) in [5, 5.41) is 1.46. The Morgan fingerprint density at radius 1 is 0.576 bits per heavy atom. The van der Waals surface area contributed by atoms with Crippen molar-refractivity contribution in [2.24, 2.45) is 0 Å². The van der Waals surface area contributed by atoms with Crippen LogP contribution in [-0.4, -0.2) is 19.9 Å². The lowest BCUT2D eigenvalue weighted by Crippen LogP contribution is -1.83. The molecule has 0 fully saturated rings. The Hall–Kier alpha value is -3.31. The molecule has 0 aliphatic carbocycles. The van der Waals surface area contributed by atoms with E-state index in [4.69, 9.17) is 34.8 Å². The van der Waals surface area contributed by atoms with Crippen molar-refractivity contribution in [2.45, 2.75) is 0 Å². The zero-order valence-corrected chi connectivity index (χ0v) is 19.3. The van der Waals surface area contributed by atoms with Gasteiger partial charge in [0.1, 0.15) is 0 Å². The third-order valence-corrected chi connectivity index (χ3v) is 6.75. The fourth-order valence-electron chi connectivity index (χ4n) is 3.97. The fourth-order valence-corrected chi connectivity index (χ4v) is 4.65. The monoisotopic (exact) mass is 488 g/mol. The van der Waals surface area contributed by atoms with Crippen LogP contribution in [0.4, 0.5) is 0 Å². The first-order chi connectivity index (χ1) is 16.1. The van der Waals surface area contributed by atoms with Crippen molar-refractivity contribution in [2.75, 3.05) is 0 Å². The summed E-state index contributed by atoms with van der Waals surface area (Å²) in [7, 11) is 0. The molecular weight excluding hydrogens is 475 g/mol. The number of aromatic amines is 2. The highest BCUT2D eigenvalue weighted by Crippen LogP contribution is 2.35. The molecular formula is C26H15Cl3N4. The predicted molar refractivity (Wildman–Crippen MR) is 139 cm³/mol. The molecule has 1 aromatic carbocycles. The molecule has 33 heavy (non-hydrogen) atoms. The minimum atomic E-state index is 0.435. The number of benzene rings is 1. The van der Waals surface area contributed by atoms with E-state index in [2.05, 4.69) is 38.1 Å². The summed E-state index contributed by atoms with van der Waals surface area (Å²) in [6.07, 6.45) is 7.37. The molecule has 0 unspecified atom stereocenters. The number of hydrogen-bond donors (Lipinski definition) is 2. The van der Waals surface area contributed by atoms with Crippen LogP contribution < -0.4 is 0 Å². The Morgan fingerprint density at radius 3 is 1.91 bits per heavy atom. The number of nitrogens with one attached hydrogen (secondary N) is 2. The average molecular weight is 490 g/mol. The first-order valence-electron chi connectivity index (χ1n) is 10.3. The van der Waals surface area contributed by atoms with Crippen LogP contribution in [0.3, 0.4) is 0 Å². The molecule has 4 aromatic rings. The summed E-state index contributed by atoms with van der Waals surface area (Å²) in [4.78, 5) is 16.1. The molecule has 3 aromatic heterocycles. The smallest absolute Gasteiger partial charge is 0.0919 e. The number of aromatic nitrogens is 4. The Bertz CT molecular complexity index is 1640. The van der Waals surface area contributed by atoms with E-state index >= 15 is 0 Å². The summed E-state index contributed by atoms with van der Waals surface area (Å²) < 4.78 is 0. The lowest BCUT2D eigenvalue weighted by molar-refractivity contribution is 1.27. The number of fused-ring (bicyclic) bond motifs is 8. The van der Waals surface area contributed by atoms with E-state index in [9.17, 15) is 0 Å². The molecule has 2 aliphatic rings. The highest BCUT2D eigenvalue weighted by Gasteiger charge is 2.15. The average Bonchev–Trinajstić information content (AvgIpc) is 3.64. The Labute approximate surface area is 204 Å². The number of hydrogen-bond acceptors (Lipinski definition) is 2. The predicted octanol–water partition coefficient (Wildman–Crippen LogP) is 8.28. The minimum absolute atomic E-state index is 0.435. The lowest BCUT2D eigenvalue weighted by atomic mass is 10.1. The van der Waals surface area contributed by atoms with Gasteiger partial charge in [-0.25, -0.2) is 9.97 Å². The Kier molecular flexibility index (Phi) is 4.88. The summed E-state index contributed by atoms with van der Waals surface area (Å²) in [5.41, 5.74) is 7.82. The van der Waals surface area contributed by atoms with Crippen molar-refractivity contribution in [1.29, 1.82) is 0 Å². The van der Waals surface area contributed by atoms with Gasteiger partial charge < -0.3 is 9.97 Å². The molecule has 0 radical (unpaired) electrons. The Morgan fingerprint density at radius 2 is 1.21 bits per heavy atom. The van der Waals surface area contributed by atoms with E-state index in [1.165, 1.54) is 0 Å². The number of halogens is 3. The molecule has 160 valence electrons. The minimum Gasteiger partial charge on any atom is -0.354 e. The van der Waals surface area contributed by atoms with Crippen LogP contribution >= 0.6 is 34.8 Å². The maximum atomic E-state index is 6.89. The normalized spacial score (nSPS) is 12.5. The zero-order valence-electron chi connectivity index (χ0n) is 17.0. The molecule has 6 rings (SSSR count). The highest BCUT2D eigenvalue weighted by molar-refractivity contribution is 6.37. The molecule has 0 saturated carbocycles. The fraction of sp³-hybridized carbons (Fsp3) is 0. The van der Waals surface area contributed by atoms with Crippen LogP contribution in [0.15, 0.2) is 54.6 Å². The molecule has 4 nitrogen and oxygen atoms in total.